The summed E-state index contributed by atoms with van der Waals surface area (Å²) in [5.74, 6) is -0.147. The van der Waals surface area contributed by atoms with Crippen LogP contribution in [0.15, 0.2) is 61.1 Å². The molecule has 0 aliphatic heterocycles. The van der Waals surface area contributed by atoms with E-state index < -0.39 is 0 Å². The fourth-order valence-electron chi connectivity index (χ4n) is 4.08. The van der Waals surface area contributed by atoms with E-state index >= 15 is 0 Å². The van der Waals surface area contributed by atoms with Crippen LogP contribution in [0.3, 0.4) is 0 Å². The van der Waals surface area contributed by atoms with Crippen molar-refractivity contribution in [1.29, 1.82) is 0 Å². The molecule has 0 bridgehead atoms. The maximum atomic E-state index is 10.5. The molecule has 50 heavy (non-hydrogen) atoms. The maximum absolute atomic E-state index is 10.5. The Bertz CT molecular complexity index is 1050. The Morgan fingerprint density at radius 2 is 0.900 bits per heavy atom. The molecule has 8 nitrogen and oxygen atoms in total. The van der Waals surface area contributed by atoms with Gasteiger partial charge in [-0.3, -0.25) is 0 Å². The third-order valence-electron chi connectivity index (χ3n) is 7.57. The Morgan fingerprint density at radius 1 is 0.560 bits per heavy atom. The molecule has 0 aliphatic rings. The molecule has 0 spiro atoms. The molecule has 8 heteroatoms. The molecule has 2 aromatic carbocycles. The van der Waals surface area contributed by atoms with E-state index in [4.69, 9.17) is 28.8 Å². The van der Waals surface area contributed by atoms with E-state index in [-0.39, 0.29) is 18.4 Å². The fourth-order valence-corrected chi connectivity index (χ4v) is 4.08. The van der Waals surface area contributed by atoms with Gasteiger partial charge in [0, 0.05) is 31.7 Å². The number of carbonyl (C=O) groups excluding carboxylic acids is 2. The van der Waals surface area contributed by atoms with Crippen molar-refractivity contribution in [2.75, 3.05) is 59.5 Å². The number of rotatable bonds is 25. The van der Waals surface area contributed by atoms with Gasteiger partial charge in [-0.15, -0.1) is 0 Å². The van der Waals surface area contributed by atoms with Crippen molar-refractivity contribution >= 4 is 23.7 Å². The third-order valence-corrected chi connectivity index (χ3v) is 7.57. The van der Waals surface area contributed by atoms with E-state index in [0.717, 1.165) is 104 Å². The van der Waals surface area contributed by atoms with Crippen molar-refractivity contribution in [1.82, 2.24) is 0 Å². The number of allylic oxidation sites excluding steroid dienone is 2. The Hall–Kier alpha value is -3.30. The summed E-state index contributed by atoms with van der Waals surface area (Å²) in [5.41, 5.74) is 6.47. The molecule has 2 aromatic rings. The van der Waals surface area contributed by atoms with Crippen molar-refractivity contribution in [2.24, 2.45) is 0 Å². The second-order valence-electron chi connectivity index (χ2n) is 12.1. The standard InChI is InChI=1S/C24H38O4.C12H14O2.C6H14O2/c1-5-7-13-25-15-17-27-19-21(3)23-9-11-24(12-10-23)22(4)20-28-18-16-26-14-8-6-2;1-9(7-13)11-3-5-12(6-4-11)10(2)8-14;1-2-3-5-8-6-4-7/h9-12,19-20H,5-8,13-18H2,1-4H3;3-10H,1-2H3;7H,2-6H2,1H3. The van der Waals surface area contributed by atoms with E-state index in [1.54, 1.807) is 0 Å². The van der Waals surface area contributed by atoms with Crippen LogP contribution in [0.4, 0.5) is 0 Å². The Kier molecular flexibility index (Phi) is 30.7. The first-order valence-corrected chi connectivity index (χ1v) is 18.3. The van der Waals surface area contributed by atoms with E-state index in [0.29, 0.717) is 33.0 Å². The van der Waals surface area contributed by atoms with Crippen LogP contribution in [0.1, 0.15) is 121 Å². The highest BCUT2D eigenvalue weighted by Gasteiger charge is 2.06. The molecule has 1 N–H and O–H groups in total. The van der Waals surface area contributed by atoms with Crippen LogP contribution in [0.25, 0.3) is 11.1 Å². The van der Waals surface area contributed by atoms with Crippen LogP contribution in [-0.2, 0) is 33.3 Å². The molecule has 0 fully saturated rings. The molecule has 0 heterocycles. The highest BCUT2D eigenvalue weighted by Crippen LogP contribution is 2.20. The normalized spacial score (nSPS) is 12.5. The average molecular weight is 699 g/mol. The SMILES string of the molecule is CC(C=O)c1ccc(C(C)C=O)cc1.CCCCOCCO.CCCCOCCOC=C(C)c1ccc(C(C)=COCCOCCCC)cc1. The van der Waals surface area contributed by atoms with Crippen molar-refractivity contribution < 1.29 is 38.4 Å². The molecular formula is C42H66O8. The summed E-state index contributed by atoms with van der Waals surface area (Å²) >= 11 is 0. The van der Waals surface area contributed by atoms with Crippen molar-refractivity contribution in [3.8, 4) is 0 Å². The van der Waals surface area contributed by atoms with Gasteiger partial charge in [0.25, 0.3) is 0 Å². The van der Waals surface area contributed by atoms with Gasteiger partial charge in [-0.25, -0.2) is 0 Å². The van der Waals surface area contributed by atoms with Gasteiger partial charge in [0.2, 0.25) is 0 Å². The first kappa shape index (κ1) is 46.7. The lowest BCUT2D eigenvalue weighted by Gasteiger charge is -2.08. The quantitative estimate of drug-likeness (QED) is 0.0623. The topological polar surface area (TPSA) is 101 Å². The number of hydrogen-bond acceptors (Lipinski definition) is 8. The minimum absolute atomic E-state index is 0.0735. The molecule has 0 saturated heterocycles. The molecule has 2 unspecified atom stereocenters. The van der Waals surface area contributed by atoms with Crippen LogP contribution in [-0.4, -0.2) is 77.1 Å². The minimum atomic E-state index is -0.0735. The number of unbranched alkanes of at least 4 members (excludes halogenated alkanes) is 3. The molecule has 0 saturated carbocycles. The van der Waals surface area contributed by atoms with E-state index in [1.807, 2.05) is 50.6 Å². The number of carbonyl (C=O) groups is 2. The number of benzene rings is 2. The highest BCUT2D eigenvalue weighted by molar-refractivity contribution is 5.68. The van der Waals surface area contributed by atoms with Crippen LogP contribution in [0.5, 0.6) is 0 Å². The second kappa shape index (κ2) is 32.9. The number of ether oxygens (including phenoxy) is 5. The average Bonchev–Trinajstić information content (AvgIpc) is 3.15. The van der Waals surface area contributed by atoms with E-state index in [1.165, 1.54) is 0 Å². The molecule has 0 aromatic heterocycles. The molecule has 0 radical (unpaired) electrons. The predicted octanol–water partition coefficient (Wildman–Crippen LogP) is 9.16. The number of aliphatic hydroxyl groups is 1. The van der Waals surface area contributed by atoms with Crippen LogP contribution in [0, 0.1) is 0 Å². The third kappa shape index (κ3) is 24.0. The van der Waals surface area contributed by atoms with Gasteiger partial charge in [-0.05, 0) is 66.5 Å². The number of aldehydes is 2. The zero-order valence-electron chi connectivity index (χ0n) is 32.0. The van der Waals surface area contributed by atoms with E-state index in [2.05, 4.69) is 58.9 Å². The van der Waals surface area contributed by atoms with Gasteiger partial charge < -0.3 is 38.4 Å². The Morgan fingerprint density at radius 3 is 1.20 bits per heavy atom. The fraction of sp³-hybridized carbons (Fsp3) is 0.571. The smallest absolute Gasteiger partial charge is 0.127 e. The molecule has 0 amide bonds. The largest absolute Gasteiger partial charge is 0.498 e. The molecule has 282 valence electrons. The predicted molar refractivity (Wildman–Crippen MR) is 205 cm³/mol. The summed E-state index contributed by atoms with van der Waals surface area (Å²) in [4.78, 5) is 21.0. The lowest BCUT2D eigenvalue weighted by Crippen LogP contribution is -2.02. The summed E-state index contributed by atoms with van der Waals surface area (Å²) < 4.78 is 27.1. The summed E-state index contributed by atoms with van der Waals surface area (Å²) in [6.07, 6.45) is 12.2. The summed E-state index contributed by atoms with van der Waals surface area (Å²) in [6, 6.07) is 16.0. The zero-order valence-corrected chi connectivity index (χ0v) is 32.0. The van der Waals surface area contributed by atoms with Crippen LogP contribution in [0.2, 0.25) is 0 Å². The number of hydrogen-bond donors (Lipinski definition) is 1. The second-order valence-corrected chi connectivity index (χ2v) is 12.1. The van der Waals surface area contributed by atoms with Gasteiger partial charge in [-0.1, -0.05) is 102 Å². The monoisotopic (exact) mass is 698 g/mol. The first-order chi connectivity index (χ1) is 24.3. The molecule has 2 rings (SSSR count). The minimum Gasteiger partial charge on any atom is -0.498 e. The summed E-state index contributed by atoms with van der Waals surface area (Å²) in [7, 11) is 0. The molecule has 0 aliphatic carbocycles. The maximum Gasteiger partial charge on any atom is 0.127 e. The first-order valence-electron chi connectivity index (χ1n) is 18.3. The van der Waals surface area contributed by atoms with Gasteiger partial charge >= 0.3 is 0 Å². The van der Waals surface area contributed by atoms with Gasteiger partial charge in [0.05, 0.1) is 39.0 Å². The highest BCUT2D eigenvalue weighted by atomic mass is 16.5. The zero-order chi connectivity index (χ0) is 37.2. The Balaban J connectivity index is 0.000000896. The summed E-state index contributed by atoms with van der Waals surface area (Å²) in [6.45, 7) is 19.7. The van der Waals surface area contributed by atoms with Gasteiger partial charge in [0.1, 0.15) is 25.8 Å². The lowest BCUT2D eigenvalue weighted by atomic mass is 9.97. The lowest BCUT2D eigenvalue weighted by molar-refractivity contribution is -0.109. The van der Waals surface area contributed by atoms with E-state index in [9.17, 15) is 9.59 Å². The van der Waals surface area contributed by atoms with Crippen molar-refractivity contribution in [2.45, 2.75) is 98.8 Å². The van der Waals surface area contributed by atoms with Gasteiger partial charge in [-0.2, -0.15) is 0 Å². The Labute approximate surface area is 303 Å². The van der Waals surface area contributed by atoms with Crippen molar-refractivity contribution in [3.05, 3.63) is 83.3 Å². The summed E-state index contributed by atoms with van der Waals surface area (Å²) in [5, 5.41) is 8.24. The van der Waals surface area contributed by atoms with Crippen LogP contribution >= 0.6 is 0 Å². The molecule has 2 atom stereocenters. The van der Waals surface area contributed by atoms with Gasteiger partial charge in [0.15, 0.2) is 0 Å². The number of aliphatic hydroxyl groups excluding tert-OH is 1. The van der Waals surface area contributed by atoms with Crippen molar-refractivity contribution in [3.63, 3.8) is 0 Å². The molecular weight excluding hydrogens is 632 g/mol. The van der Waals surface area contributed by atoms with Crippen LogP contribution < -0.4 is 0 Å².